The first-order valence-electron chi connectivity index (χ1n) is 5.10. The van der Waals surface area contributed by atoms with Gasteiger partial charge in [0.25, 0.3) is 0 Å². The number of fused-ring (bicyclic) bond motifs is 1. The van der Waals surface area contributed by atoms with Crippen LogP contribution in [-0.2, 0) is 19.4 Å². The molecular weight excluding hydrogens is 180 g/mol. The number of aliphatic hydroxyl groups excluding tert-OH is 2. The van der Waals surface area contributed by atoms with E-state index in [4.69, 9.17) is 10.2 Å². The van der Waals surface area contributed by atoms with E-state index in [-0.39, 0.29) is 13.2 Å². The first-order chi connectivity index (χ1) is 6.85. The molecule has 0 amide bonds. The topological polar surface area (TPSA) is 58.3 Å². The number of hydrogen-bond acceptors (Lipinski definition) is 3. The third-order valence-electron chi connectivity index (χ3n) is 2.86. The number of aromatic nitrogens is 2. The molecule has 2 heterocycles. The molecule has 2 rings (SSSR count). The molecule has 2 N–H and O–H groups in total. The fourth-order valence-corrected chi connectivity index (χ4v) is 2.03. The lowest BCUT2D eigenvalue weighted by Gasteiger charge is -2.23. The lowest BCUT2D eigenvalue weighted by Crippen LogP contribution is -2.24. The average molecular weight is 196 g/mol. The molecule has 1 unspecified atom stereocenters. The van der Waals surface area contributed by atoms with Crippen molar-refractivity contribution in [1.82, 2.24) is 9.55 Å². The molecule has 78 valence electrons. The minimum atomic E-state index is 0.139. The van der Waals surface area contributed by atoms with Crippen molar-refractivity contribution >= 4 is 0 Å². The van der Waals surface area contributed by atoms with Crippen molar-refractivity contribution in [2.45, 2.75) is 25.8 Å². The van der Waals surface area contributed by atoms with Crippen LogP contribution in [0.25, 0.3) is 0 Å². The van der Waals surface area contributed by atoms with E-state index >= 15 is 0 Å². The SMILES string of the molecule is OCCc1ncc2n1CC(CO)CC2. The summed E-state index contributed by atoms with van der Waals surface area (Å²) in [6.45, 7) is 1.23. The number of rotatable bonds is 3. The Bertz CT molecular complexity index is 309. The summed E-state index contributed by atoms with van der Waals surface area (Å²) in [7, 11) is 0. The van der Waals surface area contributed by atoms with Gasteiger partial charge in [-0.3, -0.25) is 0 Å². The molecule has 0 radical (unpaired) electrons. The largest absolute Gasteiger partial charge is 0.396 e. The lowest BCUT2D eigenvalue weighted by molar-refractivity contribution is 0.189. The molecule has 0 aromatic carbocycles. The van der Waals surface area contributed by atoms with Crippen LogP contribution in [-0.4, -0.2) is 33.0 Å². The van der Waals surface area contributed by atoms with Crippen molar-refractivity contribution in [3.8, 4) is 0 Å². The molecule has 4 nitrogen and oxygen atoms in total. The lowest BCUT2D eigenvalue weighted by atomic mass is 9.99. The molecule has 4 heteroatoms. The van der Waals surface area contributed by atoms with Crippen LogP contribution in [0.3, 0.4) is 0 Å². The first kappa shape index (κ1) is 9.68. The Morgan fingerprint density at radius 3 is 3.07 bits per heavy atom. The molecule has 1 aromatic rings. The van der Waals surface area contributed by atoms with E-state index in [1.165, 1.54) is 5.69 Å². The van der Waals surface area contributed by atoms with Gasteiger partial charge in [-0.25, -0.2) is 4.98 Å². The van der Waals surface area contributed by atoms with Gasteiger partial charge in [0.1, 0.15) is 5.82 Å². The minimum absolute atomic E-state index is 0.139. The Balaban J connectivity index is 2.19. The van der Waals surface area contributed by atoms with Crippen LogP contribution in [0.2, 0.25) is 0 Å². The van der Waals surface area contributed by atoms with Gasteiger partial charge in [0.05, 0.1) is 6.61 Å². The van der Waals surface area contributed by atoms with E-state index in [0.717, 1.165) is 25.2 Å². The van der Waals surface area contributed by atoms with E-state index in [2.05, 4.69) is 9.55 Å². The molecular formula is C10H16N2O2. The van der Waals surface area contributed by atoms with Gasteiger partial charge in [-0.2, -0.15) is 0 Å². The van der Waals surface area contributed by atoms with Crippen LogP contribution in [0.5, 0.6) is 0 Å². The minimum Gasteiger partial charge on any atom is -0.396 e. The van der Waals surface area contributed by atoms with Crippen LogP contribution < -0.4 is 0 Å². The van der Waals surface area contributed by atoms with E-state index in [0.29, 0.717) is 12.3 Å². The Morgan fingerprint density at radius 1 is 1.50 bits per heavy atom. The van der Waals surface area contributed by atoms with Crippen LogP contribution in [0.15, 0.2) is 6.20 Å². The number of nitrogens with zero attached hydrogens (tertiary/aromatic N) is 2. The predicted molar refractivity (Wildman–Crippen MR) is 51.9 cm³/mol. The summed E-state index contributed by atoms with van der Waals surface area (Å²) in [5, 5.41) is 18.0. The summed E-state index contributed by atoms with van der Waals surface area (Å²) in [4.78, 5) is 4.28. The van der Waals surface area contributed by atoms with Gasteiger partial charge >= 0.3 is 0 Å². The van der Waals surface area contributed by atoms with Crippen molar-refractivity contribution in [2.24, 2.45) is 5.92 Å². The number of aryl methyl sites for hydroxylation is 1. The highest BCUT2D eigenvalue weighted by Crippen LogP contribution is 2.21. The normalized spacial score (nSPS) is 20.9. The monoisotopic (exact) mass is 196 g/mol. The maximum absolute atomic E-state index is 9.09. The van der Waals surface area contributed by atoms with Crippen LogP contribution in [0.1, 0.15) is 17.9 Å². The zero-order valence-corrected chi connectivity index (χ0v) is 8.19. The number of hydrogen-bond donors (Lipinski definition) is 2. The molecule has 0 fully saturated rings. The number of aliphatic hydroxyl groups is 2. The van der Waals surface area contributed by atoms with E-state index in [1.807, 2.05) is 6.20 Å². The molecule has 0 saturated carbocycles. The molecule has 0 spiro atoms. The highest BCUT2D eigenvalue weighted by atomic mass is 16.3. The smallest absolute Gasteiger partial charge is 0.111 e. The van der Waals surface area contributed by atoms with Gasteiger partial charge < -0.3 is 14.8 Å². The molecule has 1 aliphatic rings. The van der Waals surface area contributed by atoms with Crippen LogP contribution in [0.4, 0.5) is 0 Å². The summed E-state index contributed by atoms with van der Waals surface area (Å²) < 4.78 is 2.14. The number of imidazole rings is 1. The molecule has 0 bridgehead atoms. The highest BCUT2D eigenvalue weighted by Gasteiger charge is 2.20. The van der Waals surface area contributed by atoms with Crippen LogP contribution >= 0.6 is 0 Å². The maximum Gasteiger partial charge on any atom is 0.111 e. The summed E-state index contributed by atoms with van der Waals surface area (Å²) in [5.41, 5.74) is 1.23. The summed E-state index contributed by atoms with van der Waals surface area (Å²) in [5.74, 6) is 1.30. The summed E-state index contributed by atoms with van der Waals surface area (Å²) in [6, 6.07) is 0. The third kappa shape index (κ3) is 1.67. The maximum atomic E-state index is 9.09. The van der Waals surface area contributed by atoms with Gasteiger partial charge in [-0.15, -0.1) is 0 Å². The quantitative estimate of drug-likeness (QED) is 0.714. The van der Waals surface area contributed by atoms with Crippen molar-refractivity contribution in [3.63, 3.8) is 0 Å². The Labute approximate surface area is 83.2 Å². The van der Waals surface area contributed by atoms with Crippen molar-refractivity contribution in [1.29, 1.82) is 0 Å². The molecule has 1 aromatic heterocycles. The molecule has 14 heavy (non-hydrogen) atoms. The van der Waals surface area contributed by atoms with Gasteiger partial charge in [-0.1, -0.05) is 0 Å². The Kier molecular flexibility index (Phi) is 2.84. The highest BCUT2D eigenvalue weighted by molar-refractivity contribution is 5.08. The van der Waals surface area contributed by atoms with Crippen molar-refractivity contribution < 1.29 is 10.2 Å². The van der Waals surface area contributed by atoms with Gasteiger partial charge in [-0.05, 0) is 12.8 Å². The second-order valence-corrected chi connectivity index (χ2v) is 3.84. The second-order valence-electron chi connectivity index (χ2n) is 3.84. The van der Waals surface area contributed by atoms with Crippen molar-refractivity contribution in [2.75, 3.05) is 13.2 Å². The van der Waals surface area contributed by atoms with Gasteiger partial charge in [0, 0.05) is 37.4 Å². The van der Waals surface area contributed by atoms with E-state index < -0.39 is 0 Å². The fourth-order valence-electron chi connectivity index (χ4n) is 2.03. The van der Waals surface area contributed by atoms with Gasteiger partial charge in [0.2, 0.25) is 0 Å². The van der Waals surface area contributed by atoms with E-state index in [9.17, 15) is 0 Å². The molecule has 0 saturated heterocycles. The molecule has 1 aliphatic heterocycles. The molecule has 0 aliphatic carbocycles. The standard InChI is InChI=1S/C10H16N2O2/c13-4-3-10-11-5-9-2-1-8(7-14)6-12(9)10/h5,8,13-14H,1-4,6-7H2. The summed E-state index contributed by atoms with van der Waals surface area (Å²) >= 11 is 0. The Hall–Kier alpha value is -0.870. The second kappa shape index (κ2) is 4.11. The molecule has 1 atom stereocenters. The third-order valence-corrected chi connectivity index (χ3v) is 2.86. The zero-order chi connectivity index (χ0) is 9.97. The summed E-state index contributed by atoms with van der Waals surface area (Å²) in [6.07, 6.45) is 4.53. The van der Waals surface area contributed by atoms with Crippen molar-refractivity contribution in [3.05, 3.63) is 17.7 Å². The van der Waals surface area contributed by atoms with E-state index in [1.54, 1.807) is 0 Å². The average Bonchev–Trinajstić information content (AvgIpc) is 2.61. The fraction of sp³-hybridized carbons (Fsp3) is 0.700. The Morgan fingerprint density at radius 2 is 2.36 bits per heavy atom. The zero-order valence-electron chi connectivity index (χ0n) is 8.19. The first-order valence-corrected chi connectivity index (χ1v) is 5.10. The predicted octanol–water partition coefficient (Wildman–Crippen LogP) is -0.0274. The van der Waals surface area contributed by atoms with Gasteiger partial charge in [0.15, 0.2) is 0 Å². The van der Waals surface area contributed by atoms with Crippen LogP contribution in [0, 0.1) is 5.92 Å².